The quantitative estimate of drug-likeness (QED) is 0.596. The minimum Gasteiger partial charge on any atom is -0.390 e. The van der Waals surface area contributed by atoms with Gasteiger partial charge in [0.15, 0.2) is 5.13 Å². The highest BCUT2D eigenvalue weighted by Gasteiger charge is 2.22. The van der Waals surface area contributed by atoms with Gasteiger partial charge >= 0.3 is 0 Å². The lowest BCUT2D eigenvalue weighted by Gasteiger charge is -2.14. The van der Waals surface area contributed by atoms with Crippen LogP contribution in [0.25, 0.3) is 11.1 Å². The summed E-state index contributed by atoms with van der Waals surface area (Å²) in [5.74, 6) is -1.39. The normalized spacial score (nSPS) is 13.1. The van der Waals surface area contributed by atoms with Crippen LogP contribution in [0.3, 0.4) is 0 Å². The average molecular weight is 452 g/mol. The molecule has 30 heavy (non-hydrogen) atoms. The van der Waals surface area contributed by atoms with E-state index in [9.17, 15) is 22.9 Å². The van der Waals surface area contributed by atoms with Crippen LogP contribution in [0.2, 0.25) is 0 Å². The fraction of sp³-hybridized carbons (Fsp3) is 0.200. The Bertz CT molecular complexity index is 1190. The number of hydrogen-bond acceptors (Lipinski definition) is 6. The predicted molar refractivity (Wildman–Crippen MR) is 112 cm³/mol. The smallest absolute Gasteiger partial charge is 0.232 e. The fourth-order valence-corrected chi connectivity index (χ4v) is 5.00. The highest BCUT2D eigenvalue weighted by molar-refractivity contribution is 7.93. The van der Waals surface area contributed by atoms with Crippen molar-refractivity contribution in [2.24, 2.45) is 0 Å². The monoisotopic (exact) mass is 451 g/mol. The third-order valence-electron chi connectivity index (χ3n) is 4.36. The lowest BCUT2D eigenvalue weighted by molar-refractivity contribution is -0.117. The maximum atomic E-state index is 13.9. The summed E-state index contributed by atoms with van der Waals surface area (Å²) in [7, 11) is -1.58. The van der Waals surface area contributed by atoms with E-state index in [1.165, 1.54) is 18.2 Å². The molecule has 0 aliphatic rings. The molecule has 0 aliphatic heterocycles. The molecule has 0 saturated carbocycles. The number of thiazole rings is 1. The van der Waals surface area contributed by atoms with Crippen LogP contribution in [-0.4, -0.2) is 33.5 Å². The molecule has 1 heterocycles. The Morgan fingerprint density at radius 1 is 1.23 bits per heavy atom. The Hall–Kier alpha value is -2.69. The van der Waals surface area contributed by atoms with E-state index >= 15 is 0 Å². The largest absolute Gasteiger partial charge is 0.390 e. The summed E-state index contributed by atoms with van der Waals surface area (Å²) in [6.45, 7) is -0.477. The molecule has 6 nitrogen and oxygen atoms in total. The van der Waals surface area contributed by atoms with Gasteiger partial charge in [0.05, 0.1) is 28.5 Å². The second-order valence-corrected chi connectivity index (χ2v) is 10.0. The number of nitrogens with zero attached hydrogens (tertiary/aromatic N) is 2. The lowest BCUT2D eigenvalue weighted by Crippen LogP contribution is -2.27. The van der Waals surface area contributed by atoms with Crippen molar-refractivity contribution in [3.63, 3.8) is 0 Å². The number of benzene rings is 2. The van der Waals surface area contributed by atoms with Crippen LogP contribution in [0.15, 0.2) is 46.7 Å². The van der Waals surface area contributed by atoms with Crippen LogP contribution >= 0.6 is 11.3 Å². The number of likely N-dealkylation sites (N-methyl/N-ethyl adjacent to an activating group) is 1. The van der Waals surface area contributed by atoms with Gasteiger partial charge in [-0.3, -0.25) is 9.69 Å². The summed E-state index contributed by atoms with van der Waals surface area (Å²) in [5.41, 5.74) is 1.40. The van der Waals surface area contributed by atoms with E-state index in [2.05, 4.69) is 4.98 Å². The van der Waals surface area contributed by atoms with Gasteiger partial charge in [0.25, 0.3) is 0 Å². The van der Waals surface area contributed by atoms with Crippen LogP contribution in [0, 0.1) is 16.4 Å². The topological polar surface area (TPSA) is 94.3 Å². The predicted octanol–water partition coefficient (Wildman–Crippen LogP) is 3.82. The first-order valence-corrected chi connectivity index (χ1v) is 11.5. The van der Waals surface area contributed by atoms with E-state index in [0.29, 0.717) is 11.1 Å². The first kappa shape index (κ1) is 22.0. The standard InChI is InChI=1S/C20H19F2N3O3S2/c1-25(20-24-17(11-26)19(29-20)30(2,23)28)18(27)9-12-3-5-13(6-4-12)15-10-14(21)7-8-16(15)22/h3-8,10,23,26H,9,11H2,1-2H3. The van der Waals surface area contributed by atoms with Crippen LogP contribution in [0.4, 0.5) is 13.9 Å². The molecule has 0 bridgehead atoms. The van der Waals surface area contributed by atoms with Crippen molar-refractivity contribution in [1.82, 2.24) is 4.98 Å². The van der Waals surface area contributed by atoms with Crippen LogP contribution in [-0.2, 0) is 27.6 Å². The van der Waals surface area contributed by atoms with E-state index in [4.69, 9.17) is 4.78 Å². The van der Waals surface area contributed by atoms with Gasteiger partial charge in [-0.05, 0) is 29.3 Å². The highest BCUT2D eigenvalue weighted by atomic mass is 32.2. The molecular weight excluding hydrogens is 432 g/mol. The number of anilines is 1. The van der Waals surface area contributed by atoms with E-state index in [1.807, 2.05) is 0 Å². The van der Waals surface area contributed by atoms with Crippen molar-refractivity contribution >= 4 is 32.1 Å². The molecule has 3 rings (SSSR count). The third-order valence-corrected chi connectivity index (χ3v) is 7.48. The zero-order valence-corrected chi connectivity index (χ0v) is 17.8. The number of carbonyl (C=O) groups is 1. The number of aliphatic hydroxyl groups is 1. The molecule has 0 aliphatic carbocycles. The summed E-state index contributed by atoms with van der Waals surface area (Å²) in [5, 5.41) is 9.62. The lowest BCUT2D eigenvalue weighted by atomic mass is 10.0. The molecule has 1 unspecified atom stereocenters. The fourth-order valence-electron chi connectivity index (χ4n) is 2.79. The minimum absolute atomic E-state index is 0.0220. The zero-order chi connectivity index (χ0) is 22.1. The number of aromatic nitrogens is 1. The minimum atomic E-state index is -3.08. The van der Waals surface area contributed by atoms with Crippen molar-refractivity contribution in [2.75, 3.05) is 18.2 Å². The molecule has 1 atom stereocenters. The van der Waals surface area contributed by atoms with Gasteiger partial charge in [-0.15, -0.1) is 0 Å². The van der Waals surface area contributed by atoms with Crippen molar-refractivity contribution < 1.29 is 22.9 Å². The molecule has 0 spiro atoms. The van der Waals surface area contributed by atoms with Crippen molar-refractivity contribution in [3.8, 4) is 11.1 Å². The number of nitrogens with one attached hydrogen (secondary N) is 1. The molecule has 158 valence electrons. The van der Waals surface area contributed by atoms with Crippen molar-refractivity contribution in [2.45, 2.75) is 17.2 Å². The maximum absolute atomic E-state index is 13.9. The maximum Gasteiger partial charge on any atom is 0.232 e. The number of rotatable bonds is 6. The van der Waals surface area contributed by atoms with Crippen molar-refractivity contribution in [1.29, 1.82) is 4.78 Å². The van der Waals surface area contributed by atoms with E-state index < -0.39 is 28.0 Å². The van der Waals surface area contributed by atoms with Gasteiger partial charge < -0.3 is 5.11 Å². The van der Waals surface area contributed by atoms with Gasteiger partial charge in [0, 0.05) is 18.9 Å². The first-order valence-electron chi connectivity index (χ1n) is 8.75. The number of hydrogen-bond donors (Lipinski definition) is 2. The van der Waals surface area contributed by atoms with E-state index in [1.54, 1.807) is 24.3 Å². The molecule has 1 amide bonds. The summed E-state index contributed by atoms with van der Waals surface area (Å²) >= 11 is 0.935. The highest BCUT2D eigenvalue weighted by Crippen LogP contribution is 2.30. The van der Waals surface area contributed by atoms with Crippen LogP contribution in [0.1, 0.15) is 11.3 Å². The Balaban J connectivity index is 1.78. The second-order valence-electron chi connectivity index (χ2n) is 6.68. The molecule has 0 saturated heterocycles. The first-order chi connectivity index (χ1) is 14.1. The SMILES string of the molecule is CN(C(=O)Cc1ccc(-c2cc(F)ccc2F)cc1)c1nc(CO)c(S(C)(=N)=O)s1. The Morgan fingerprint density at radius 2 is 1.90 bits per heavy atom. The molecule has 2 aromatic carbocycles. The number of carbonyl (C=O) groups excluding carboxylic acids is 1. The number of halogens is 2. The second kappa shape index (κ2) is 8.58. The summed E-state index contributed by atoms with van der Waals surface area (Å²) in [6.07, 6.45) is 1.25. The Labute approximate surface area is 176 Å². The Morgan fingerprint density at radius 3 is 2.47 bits per heavy atom. The molecular formula is C20H19F2N3O3S2. The molecule has 1 aromatic heterocycles. The summed E-state index contributed by atoms with van der Waals surface area (Å²) < 4.78 is 47.2. The molecule has 0 radical (unpaired) electrons. The summed E-state index contributed by atoms with van der Waals surface area (Å²) in [4.78, 5) is 18.0. The van der Waals surface area contributed by atoms with E-state index in [0.717, 1.165) is 29.5 Å². The number of amides is 1. The van der Waals surface area contributed by atoms with Crippen LogP contribution < -0.4 is 4.90 Å². The zero-order valence-electron chi connectivity index (χ0n) is 16.2. The van der Waals surface area contributed by atoms with Crippen molar-refractivity contribution in [3.05, 3.63) is 65.4 Å². The Kier molecular flexibility index (Phi) is 6.30. The van der Waals surface area contributed by atoms with E-state index in [-0.39, 0.29) is 32.9 Å². The molecule has 10 heteroatoms. The van der Waals surface area contributed by atoms with Gasteiger partial charge in [-0.1, -0.05) is 35.6 Å². The average Bonchev–Trinajstić information content (AvgIpc) is 3.15. The van der Waals surface area contributed by atoms with Gasteiger partial charge in [-0.2, -0.15) is 0 Å². The number of aliphatic hydroxyl groups excluding tert-OH is 1. The summed E-state index contributed by atoms with van der Waals surface area (Å²) in [6, 6.07) is 9.74. The van der Waals surface area contributed by atoms with Gasteiger partial charge in [-0.25, -0.2) is 22.8 Å². The van der Waals surface area contributed by atoms with Gasteiger partial charge in [0.1, 0.15) is 15.8 Å². The van der Waals surface area contributed by atoms with Gasteiger partial charge in [0.2, 0.25) is 5.91 Å². The van der Waals surface area contributed by atoms with Crippen LogP contribution in [0.5, 0.6) is 0 Å². The molecule has 3 aromatic rings. The molecule has 2 N–H and O–H groups in total. The molecule has 0 fully saturated rings. The third kappa shape index (κ3) is 4.72.